The van der Waals surface area contributed by atoms with Crippen LogP contribution in [0.2, 0.25) is 0 Å². The molecule has 0 aliphatic rings. The summed E-state index contributed by atoms with van der Waals surface area (Å²) >= 11 is 0. The Balaban J connectivity index is 1.78. The van der Waals surface area contributed by atoms with Crippen LogP contribution in [-0.4, -0.2) is 4.57 Å². The van der Waals surface area contributed by atoms with E-state index < -0.39 is 0 Å². The van der Waals surface area contributed by atoms with E-state index in [0.717, 1.165) is 6.42 Å². The Labute approximate surface area is 130 Å². The maximum absolute atomic E-state index is 2.53. The number of aromatic nitrogens is 1. The molecule has 2 rings (SSSR count). The predicted molar refractivity (Wildman–Crippen MR) is 93.9 cm³/mol. The van der Waals surface area contributed by atoms with Gasteiger partial charge in [0.1, 0.15) is 0 Å². The van der Waals surface area contributed by atoms with Crippen LogP contribution in [0.4, 0.5) is 0 Å². The zero-order valence-electron chi connectivity index (χ0n) is 13.9. The molecule has 0 atom stereocenters. The predicted octanol–water partition coefficient (Wildman–Crippen LogP) is 6.34. The second-order valence-electron chi connectivity index (χ2n) is 6.17. The Bertz CT molecular complexity index is 524. The van der Waals surface area contributed by atoms with E-state index in [-0.39, 0.29) is 0 Å². The highest BCUT2D eigenvalue weighted by atomic mass is 15.0. The number of aryl methyl sites for hydroxylation is 2. The average molecular weight is 285 g/mol. The first-order valence-electron chi connectivity index (χ1n) is 8.94. The first-order valence-corrected chi connectivity index (χ1v) is 8.94. The van der Waals surface area contributed by atoms with Gasteiger partial charge < -0.3 is 4.57 Å². The molecule has 0 bridgehead atoms. The van der Waals surface area contributed by atoms with Gasteiger partial charge in [-0.1, -0.05) is 77.0 Å². The van der Waals surface area contributed by atoms with Gasteiger partial charge in [-0.2, -0.15) is 0 Å². The minimum Gasteiger partial charge on any atom is -0.345 e. The van der Waals surface area contributed by atoms with Gasteiger partial charge in [0, 0.05) is 17.8 Å². The summed E-state index contributed by atoms with van der Waals surface area (Å²) in [5, 5.41) is 1.40. The average Bonchev–Trinajstić information content (AvgIpc) is 2.88. The van der Waals surface area contributed by atoms with Gasteiger partial charge in [0.2, 0.25) is 0 Å². The molecule has 21 heavy (non-hydrogen) atoms. The summed E-state index contributed by atoms with van der Waals surface area (Å²) in [4.78, 5) is 0. The van der Waals surface area contributed by atoms with E-state index in [2.05, 4.69) is 48.7 Å². The Hall–Kier alpha value is -1.24. The summed E-state index contributed by atoms with van der Waals surface area (Å²) in [6.45, 7) is 5.73. The third kappa shape index (κ3) is 4.62. The van der Waals surface area contributed by atoms with Crippen LogP contribution in [0.3, 0.4) is 0 Å². The zero-order valence-corrected chi connectivity index (χ0v) is 13.9. The molecule has 0 amide bonds. The molecule has 0 aliphatic carbocycles. The molecule has 0 aliphatic heterocycles. The van der Waals surface area contributed by atoms with Gasteiger partial charge in [-0.15, -0.1) is 0 Å². The van der Waals surface area contributed by atoms with Crippen molar-refractivity contribution >= 4 is 10.9 Å². The molecule has 0 spiro atoms. The third-order valence-electron chi connectivity index (χ3n) is 4.49. The molecule has 0 radical (unpaired) electrons. The van der Waals surface area contributed by atoms with Gasteiger partial charge in [-0.3, -0.25) is 0 Å². The standard InChI is InChI=1S/C20H31N/c1-3-5-6-7-8-9-10-13-16-21-19(4-2)17-18-14-11-12-15-20(18)21/h11-12,14-15,17H,3-10,13,16H2,1-2H3. The Morgan fingerprint density at radius 2 is 1.48 bits per heavy atom. The van der Waals surface area contributed by atoms with Crippen molar-refractivity contribution in [1.29, 1.82) is 0 Å². The number of para-hydroxylation sites is 1. The minimum atomic E-state index is 1.13. The number of hydrogen-bond acceptors (Lipinski definition) is 0. The van der Waals surface area contributed by atoms with Gasteiger partial charge in [0.05, 0.1) is 0 Å². The maximum atomic E-state index is 2.53. The highest BCUT2D eigenvalue weighted by Crippen LogP contribution is 2.21. The van der Waals surface area contributed by atoms with Crippen molar-refractivity contribution in [3.63, 3.8) is 0 Å². The lowest BCUT2D eigenvalue weighted by Crippen LogP contribution is -2.02. The van der Waals surface area contributed by atoms with Gasteiger partial charge >= 0.3 is 0 Å². The van der Waals surface area contributed by atoms with Crippen molar-refractivity contribution in [3.8, 4) is 0 Å². The van der Waals surface area contributed by atoms with E-state index in [1.165, 1.54) is 74.5 Å². The summed E-state index contributed by atoms with van der Waals surface area (Å²) in [5.74, 6) is 0. The van der Waals surface area contributed by atoms with Crippen LogP contribution in [-0.2, 0) is 13.0 Å². The fourth-order valence-corrected chi connectivity index (χ4v) is 3.23. The largest absolute Gasteiger partial charge is 0.345 e. The van der Waals surface area contributed by atoms with Crippen molar-refractivity contribution in [3.05, 3.63) is 36.0 Å². The lowest BCUT2D eigenvalue weighted by Gasteiger charge is -2.09. The van der Waals surface area contributed by atoms with Crippen LogP contribution < -0.4 is 0 Å². The number of rotatable bonds is 10. The summed E-state index contributed by atoms with van der Waals surface area (Å²) < 4.78 is 2.53. The number of hydrogen-bond donors (Lipinski definition) is 0. The van der Waals surface area contributed by atoms with Crippen molar-refractivity contribution < 1.29 is 0 Å². The number of nitrogens with zero attached hydrogens (tertiary/aromatic N) is 1. The molecule has 1 aromatic carbocycles. The summed E-state index contributed by atoms with van der Waals surface area (Å²) in [6, 6.07) is 11.2. The maximum Gasteiger partial charge on any atom is 0.0482 e. The van der Waals surface area contributed by atoms with Gasteiger partial charge in [-0.25, -0.2) is 0 Å². The fraction of sp³-hybridized carbons (Fsp3) is 0.600. The molecular formula is C20H31N. The SMILES string of the molecule is CCCCCCCCCCn1c(CC)cc2ccccc21. The summed E-state index contributed by atoms with van der Waals surface area (Å²) in [7, 11) is 0. The van der Waals surface area contributed by atoms with Crippen molar-refractivity contribution in [2.24, 2.45) is 0 Å². The number of fused-ring (bicyclic) bond motifs is 1. The molecule has 0 fully saturated rings. The molecular weight excluding hydrogens is 254 g/mol. The summed E-state index contributed by atoms with van der Waals surface area (Å²) in [6.07, 6.45) is 12.3. The third-order valence-corrected chi connectivity index (χ3v) is 4.49. The van der Waals surface area contributed by atoms with Crippen LogP contribution in [0.25, 0.3) is 10.9 Å². The molecule has 0 unspecified atom stereocenters. The van der Waals surface area contributed by atoms with Gasteiger partial charge in [0.15, 0.2) is 0 Å². The van der Waals surface area contributed by atoms with E-state index in [4.69, 9.17) is 0 Å². The van der Waals surface area contributed by atoms with Crippen molar-refractivity contribution in [1.82, 2.24) is 4.57 Å². The Morgan fingerprint density at radius 1 is 0.810 bits per heavy atom. The second kappa shape index (κ2) is 8.92. The number of unbranched alkanes of at least 4 members (excludes halogenated alkanes) is 7. The van der Waals surface area contributed by atoms with Gasteiger partial charge in [0.25, 0.3) is 0 Å². The van der Waals surface area contributed by atoms with E-state index in [1.807, 2.05) is 0 Å². The second-order valence-corrected chi connectivity index (χ2v) is 6.17. The molecule has 2 aromatic rings. The van der Waals surface area contributed by atoms with Gasteiger partial charge in [-0.05, 0) is 30.4 Å². The molecule has 0 saturated carbocycles. The number of benzene rings is 1. The topological polar surface area (TPSA) is 4.93 Å². The first-order chi connectivity index (χ1) is 10.4. The van der Waals surface area contributed by atoms with Crippen molar-refractivity contribution in [2.75, 3.05) is 0 Å². The first kappa shape index (κ1) is 16.1. The quantitative estimate of drug-likeness (QED) is 0.448. The summed E-state index contributed by atoms with van der Waals surface area (Å²) in [5.41, 5.74) is 2.90. The lowest BCUT2D eigenvalue weighted by atomic mass is 10.1. The Kier molecular flexibility index (Phi) is 6.85. The van der Waals surface area contributed by atoms with E-state index in [1.54, 1.807) is 0 Å². The molecule has 1 heteroatoms. The van der Waals surface area contributed by atoms with Crippen LogP contribution in [0, 0.1) is 0 Å². The highest BCUT2D eigenvalue weighted by Gasteiger charge is 2.06. The lowest BCUT2D eigenvalue weighted by molar-refractivity contribution is 0.543. The molecule has 116 valence electrons. The van der Waals surface area contributed by atoms with Crippen LogP contribution >= 0.6 is 0 Å². The Morgan fingerprint density at radius 3 is 2.19 bits per heavy atom. The fourth-order valence-electron chi connectivity index (χ4n) is 3.23. The molecule has 0 N–H and O–H groups in total. The zero-order chi connectivity index (χ0) is 14.9. The van der Waals surface area contributed by atoms with E-state index in [9.17, 15) is 0 Å². The molecule has 1 nitrogen and oxygen atoms in total. The van der Waals surface area contributed by atoms with Crippen molar-refractivity contribution in [2.45, 2.75) is 78.2 Å². The normalized spacial score (nSPS) is 11.3. The molecule has 0 saturated heterocycles. The molecule has 1 aromatic heterocycles. The molecule has 1 heterocycles. The van der Waals surface area contributed by atoms with Crippen LogP contribution in [0.15, 0.2) is 30.3 Å². The smallest absolute Gasteiger partial charge is 0.0482 e. The monoisotopic (exact) mass is 285 g/mol. The highest BCUT2D eigenvalue weighted by molar-refractivity contribution is 5.81. The minimum absolute atomic E-state index is 1.13. The van der Waals surface area contributed by atoms with Crippen LogP contribution in [0.1, 0.15) is 70.9 Å². The van der Waals surface area contributed by atoms with E-state index in [0.29, 0.717) is 0 Å². The van der Waals surface area contributed by atoms with E-state index >= 15 is 0 Å². The van der Waals surface area contributed by atoms with Crippen LogP contribution in [0.5, 0.6) is 0 Å².